The number of hydroxylamine groups is 1. The molecular weight excluding hydrogens is 342 g/mol. The third-order valence-corrected chi connectivity index (χ3v) is 4.16. The second-order valence-corrected chi connectivity index (χ2v) is 6.12. The molecule has 0 saturated carbocycles. The maximum Gasteiger partial charge on any atom is 0.274 e. The van der Waals surface area contributed by atoms with Crippen LogP contribution in [0.2, 0.25) is 0 Å². The van der Waals surface area contributed by atoms with Crippen molar-refractivity contribution in [3.05, 3.63) is 89.5 Å². The Morgan fingerprint density at radius 3 is 2.15 bits per heavy atom. The van der Waals surface area contributed by atoms with Gasteiger partial charge in [0.25, 0.3) is 5.91 Å². The SMILES string of the molecule is Cc1ccc(-c2ccc(C(=O)COc3cccc(C(=O)NO)c3)cc2)cc1. The first-order valence-corrected chi connectivity index (χ1v) is 8.44. The first kappa shape index (κ1) is 18.4. The number of ketones is 1. The molecule has 0 heterocycles. The highest BCUT2D eigenvalue weighted by molar-refractivity contribution is 5.97. The fourth-order valence-electron chi connectivity index (χ4n) is 2.62. The van der Waals surface area contributed by atoms with E-state index in [1.165, 1.54) is 17.7 Å². The van der Waals surface area contributed by atoms with E-state index in [9.17, 15) is 9.59 Å². The van der Waals surface area contributed by atoms with E-state index in [0.29, 0.717) is 11.3 Å². The molecule has 0 bridgehead atoms. The molecule has 0 aromatic heterocycles. The molecule has 2 N–H and O–H groups in total. The van der Waals surface area contributed by atoms with Gasteiger partial charge < -0.3 is 4.74 Å². The minimum atomic E-state index is -0.640. The number of benzene rings is 3. The molecule has 3 aromatic carbocycles. The highest BCUT2D eigenvalue weighted by Crippen LogP contribution is 2.21. The molecule has 3 rings (SSSR count). The molecule has 27 heavy (non-hydrogen) atoms. The first-order valence-electron chi connectivity index (χ1n) is 8.44. The summed E-state index contributed by atoms with van der Waals surface area (Å²) in [5, 5.41) is 8.67. The highest BCUT2D eigenvalue weighted by atomic mass is 16.5. The molecule has 0 radical (unpaired) electrons. The zero-order chi connectivity index (χ0) is 19.2. The van der Waals surface area contributed by atoms with Gasteiger partial charge in [-0.3, -0.25) is 14.8 Å². The zero-order valence-electron chi connectivity index (χ0n) is 14.8. The van der Waals surface area contributed by atoms with Crippen molar-refractivity contribution in [1.29, 1.82) is 0 Å². The van der Waals surface area contributed by atoms with Crippen LogP contribution in [0.1, 0.15) is 26.3 Å². The highest BCUT2D eigenvalue weighted by Gasteiger charge is 2.09. The Balaban J connectivity index is 1.64. The average Bonchev–Trinajstić information content (AvgIpc) is 2.72. The summed E-state index contributed by atoms with van der Waals surface area (Å²) < 4.78 is 5.47. The van der Waals surface area contributed by atoms with E-state index < -0.39 is 5.91 Å². The van der Waals surface area contributed by atoms with E-state index in [1.54, 1.807) is 29.7 Å². The Morgan fingerprint density at radius 2 is 1.52 bits per heavy atom. The number of nitrogens with one attached hydrogen (secondary N) is 1. The molecular formula is C22H19NO4. The molecule has 136 valence electrons. The number of hydrogen-bond acceptors (Lipinski definition) is 4. The molecule has 5 nitrogen and oxygen atoms in total. The van der Waals surface area contributed by atoms with Crippen molar-refractivity contribution in [2.75, 3.05) is 6.61 Å². The second-order valence-electron chi connectivity index (χ2n) is 6.12. The molecule has 0 aliphatic rings. The van der Waals surface area contributed by atoms with E-state index in [1.807, 2.05) is 43.3 Å². The normalized spacial score (nSPS) is 10.3. The number of aryl methyl sites for hydroxylation is 1. The Morgan fingerprint density at radius 1 is 0.889 bits per heavy atom. The first-order chi connectivity index (χ1) is 13.1. The van der Waals surface area contributed by atoms with Crippen molar-refractivity contribution in [3.63, 3.8) is 0 Å². The maximum atomic E-state index is 12.3. The lowest BCUT2D eigenvalue weighted by Crippen LogP contribution is -2.18. The standard InChI is InChI=1S/C22H19NO4/c1-15-5-7-16(8-6-15)17-9-11-18(12-10-17)21(24)14-27-20-4-2-3-19(13-20)22(25)23-26/h2-13,26H,14H2,1H3,(H,23,25). The van der Waals surface area contributed by atoms with Crippen LogP contribution in [0.3, 0.4) is 0 Å². The summed E-state index contributed by atoms with van der Waals surface area (Å²) in [5.74, 6) is -0.429. The molecule has 1 amide bonds. The van der Waals surface area contributed by atoms with E-state index in [4.69, 9.17) is 9.94 Å². The lowest BCUT2D eigenvalue weighted by atomic mass is 10.0. The summed E-state index contributed by atoms with van der Waals surface area (Å²) in [6, 6.07) is 21.8. The van der Waals surface area contributed by atoms with Crippen molar-refractivity contribution in [2.45, 2.75) is 6.92 Å². The van der Waals surface area contributed by atoms with Gasteiger partial charge in [-0.2, -0.15) is 0 Å². The predicted molar refractivity (Wildman–Crippen MR) is 102 cm³/mol. The monoisotopic (exact) mass is 361 g/mol. The number of ether oxygens (including phenoxy) is 1. The smallest absolute Gasteiger partial charge is 0.274 e. The minimum absolute atomic E-state index is 0.145. The van der Waals surface area contributed by atoms with Crippen LogP contribution in [0.4, 0.5) is 0 Å². The van der Waals surface area contributed by atoms with Crippen molar-refractivity contribution >= 4 is 11.7 Å². The van der Waals surface area contributed by atoms with Gasteiger partial charge in [0.2, 0.25) is 0 Å². The van der Waals surface area contributed by atoms with Gasteiger partial charge in [-0.1, -0.05) is 60.2 Å². The molecule has 0 atom stereocenters. The van der Waals surface area contributed by atoms with E-state index in [0.717, 1.165) is 11.1 Å². The number of Topliss-reactive ketones (excluding diaryl/α,β-unsaturated/α-hetero) is 1. The van der Waals surface area contributed by atoms with Gasteiger partial charge in [-0.05, 0) is 36.2 Å². The molecule has 0 aliphatic heterocycles. The zero-order valence-corrected chi connectivity index (χ0v) is 14.8. The number of rotatable bonds is 6. The number of hydrogen-bond donors (Lipinski definition) is 2. The summed E-state index contributed by atoms with van der Waals surface area (Å²) in [6.45, 7) is 1.89. The molecule has 0 saturated heterocycles. The number of carbonyl (C=O) groups excluding carboxylic acids is 2. The summed E-state index contributed by atoms with van der Waals surface area (Å²) in [4.78, 5) is 23.8. The van der Waals surface area contributed by atoms with Crippen LogP contribution in [-0.2, 0) is 0 Å². The molecule has 0 unspecified atom stereocenters. The van der Waals surface area contributed by atoms with Gasteiger partial charge in [0.15, 0.2) is 12.4 Å². The van der Waals surface area contributed by atoms with Gasteiger partial charge in [0, 0.05) is 11.1 Å². The van der Waals surface area contributed by atoms with Crippen molar-refractivity contribution in [2.24, 2.45) is 0 Å². The third-order valence-electron chi connectivity index (χ3n) is 4.16. The van der Waals surface area contributed by atoms with Crippen LogP contribution in [0.15, 0.2) is 72.8 Å². The predicted octanol–water partition coefficient (Wildman–Crippen LogP) is 4.04. The number of amides is 1. The summed E-state index contributed by atoms with van der Waals surface area (Å²) in [7, 11) is 0. The summed E-state index contributed by atoms with van der Waals surface area (Å²) in [6.07, 6.45) is 0. The molecule has 3 aromatic rings. The van der Waals surface area contributed by atoms with Crippen LogP contribution >= 0.6 is 0 Å². The van der Waals surface area contributed by atoms with Crippen LogP contribution in [0, 0.1) is 6.92 Å². The van der Waals surface area contributed by atoms with Gasteiger partial charge in [-0.25, -0.2) is 5.48 Å². The Kier molecular flexibility index (Phi) is 5.64. The summed E-state index contributed by atoms with van der Waals surface area (Å²) >= 11 is 0. The fraction of sp³-hybridized carbons (Fsp3) is 0.0909. The van der Waals surface area contributed by atoms with Crippen LogP contribution < -0.4 is 10.2 Å². The lowest BCUT2D eigenvalue weighted by Gasteiger charge is -2.08. The third kappa shape index (κ3) is 4.59. The Labute approximate surface area is 157 Å². The second kappa shape index (κ2) is 8.29. The van der Waals surface area contributed by atoms with Gasteiger partial charge in [0.1, 0.15) is 5.75 Å². The number of carbonyl (C=O) groups is 2. The van der Waals surface area contributed by atoms with Crippen molar-refractivity contribution in [3.8, 4) is 16.9 Å². The molecule has 0 aliphatic carbocycles. The van der Waals surface area contributed by atoms with Crippen LogP contribution in [0.5, 0.6) is 5.75 Å². The molecule has 5 heteroatoms. The maximum absolute atomic E-state index is 12.3. The largest absolute Gasteiger partial charge is 0.485 e. The van der Waals surface area contributed by atoms with Crippen molar-refractivity contribution < 1.29 is 19.5 Å². The quantitative estimate of drug-likeness (QED) is 0.395. The summed E-state index contributed by atoms with van der Waals surface area (Å²) in [5.41, 5.74) is 5.68. The Hall–Kier alpha value is -3.44. The van der Waals surface area contributed by atoms with Crippen molar-refractivity contribution in [1.82, 2.24) is 5.48 Å². The molecule has 0 spiro atoms. The average molecular weight is 361 g/mol. The van der Waals surface area contributed by atoms with E-state index >= 15 is 0 Å². The topological polar surface area (TPSA) is 75.6 Å². The molecule has 0 fully saturated rings. The van der Waals surface area contributed by atoms with Gasteiger partial charge in [-0.15, -0.1) is 0 Å². The lowest BCUT2D eigenvalue weighted by molar-refractivity contribution is 0.0706. The van der Waals surface area contributed by atoms with Crippen LogP contribution in [-0.4, -0.2) is 23.5 Å². The fourth-order valence-corrected chi connectivity index (χ4v) is 2.62. The minimum Gasteiger partial charge on any atom is -0.485 e. The van der Waals surface area contributed by atoms with E-state index in [2.05, 4.69) is 0 Å². The van der Waals surface area contributed by atoms with Gasteiger partial charge in [0.05, 0.1) is 0 Å². The van der Waals surface area contributed by atoms with Gasteiger partial charge >= 0.3 is 0 Å². The Bertz CT molecular complexity index is 947. The van der Waals surface area contributed by atoms with E-state index in [-0.39, 0.29) is 18.0 Å². The van der Waals surface area contributed by atoms with Crippen LogP contribution in [0.25, 0.3) is 11.1 Å².